The number of ketones is 1. The smallest absolute Gasteiger partial charge is 0.245 e. The zero-order chi connectivity index (χ0) is 63.8. The molecule has 0 saturated carbocycles. The quantitative estimate of drug-likeness (QED) is 0.0265. The van der Waals surface area contributed by atoms with Gasteiger partial charge >= 0.3 is 0 Å². The number of Topliss-reactive ketones (excluding diaryl/α,β-unsaturated/α-hetero) is 1. The summed E-state index contributed by atoms with van der Waals surface area (Å²) >= 11 is 19.4. The minimum Gasteiger partial charge on any atom is -0.485 e. The SMILES string of the molecule is CCC(C)c1nc(COc2ccc(CC(S)CCC(C)C[C@@H](C(=O)N(C)C(CC(C)CCC(C)S)C(=O)CC(S)Cc3ccc(OCc4noc(C(C)CC)n4)cc3)N(C)C(=O)[C@H](CC(C)CCC(C)S)N(C)C(=O)[C@H](CC(C)C)NC)cc2)no1. The van der Waals surface area contributed by atoms with Crippen molar-refractivity contribution >= 4 is 74.0 Å². The second-order valence-electron chi connectivity index (χ2n) is 25.3. The number of rotatable bonds is 41. The molecular weight excluding hydrogens is 1160 g/mol. The summed E-state index contributed by atoms with van der Waals surface area (Å²) in [5.74, 6) is 3.33. The van der Waals surface area contributed by atoms with Gasteiger partial charge in [-0.15, -0.1) is 0 Å². The van der Waals surface area contributed by atoms with Crippen LogP contribution in [-0.4, -0.2) is 132 Å². The van der Waals surface area contributed by atoms with Crippen molar-refractivity contribution < 1.29 is 37.7 Å². The molecule has 4 rings (SSSR count). The number of benzene rings is 2. The Morgan fingerprint density at radius 3 is 1.30 bits per heavy atom. The van der Waals surface area contributed by atoms with Gasteiger partial charge in [0.1, 0.15) is 23.6 Å². The molecule has 2 aromatic heterocycles. The van der Waals surface area contributed by atoms with Crippen LogP contribution in [0.3, 0.4) is 0 Å². The van der Waals surface area contributed by atoms with Gasteiger partial charge in [-0.1, -0.05) is 111 Å². The van der Waals surface area contributed by atoms with Crippen LogP contribution < -0.4 is 14.8 Å². The van der Waals surface area contributed by atoms with Crippen LogP contribution in [0.25, 0.3) is 0 Å². The first-order chi connectivity index (χ1) is 40.7. The van der Waals surface area contributed by atoms with Gasteiger partial charge in [-0.25, -0.2) is 0 Å². The van der Waals surface area contributed by atoms with Crippen LogP contribution in [0.2, 0.25) is 0 Å². The molecule has 16 nitrogen and oxygen atoms in total. The van der Waals surface area contributed by atoms with E-state index in [0.717, 1.165) is 62.5 Å². The summed E-state index contributed by atoms with van der Waals surface area (Å²) in [4.78, 5) is 74.3. The summed E-state index contributed by atoms with van der Waals surface area (Å²) < 4.78 is 22.8. The van der Waals surface area contributed by atoms with Crippen LogP contribution in [-0.2, 0) is 45.2 Å². The molecule has 2 aromatic carbocycles. The van der Waals surface area contributed by atoms with Crippen LogP contribution in [0.15, 0.2) is 57.6 Å². The fourth-order valence-electron chi connectivity index (χ4n) is 10.6. The molecule has 0 aliphatic rings. The van der Waals surface area contributed by atoms with E-state index in [9.17, 15) is 9.59 Å². The van der Waals surface area contributed by atoms with Gasteiger partial charge in [-0.3, -0.25) is 19.2 Å². The van der Waals surface area contributed by atoms with E-state index in [1.165, 1.54) is 0 Å². The van der Waals surface area contributed by atoms with Gasteiger partial charge < -0.3 is 38.5 Å². The third-order valence-corrected chi connectivity index (χ3v) is 18.1. The topological polar surface area (TPSA) is 186 Å². The number of amides is 3. The largest absolute Gasteiger partial charge is 0.485 e. The van der Waals surface area contributed by atoms with Crippen LogP contribution in [0.4, 0.5) is 0 Å². The highest BCUT2D eigenvalue weighted by Crippen LogP contribution is 2.30. The van der Waals surface area contributed by atoms with Crippen molar-refractivity contribution in [3.63, 3.8) is 0 Å². The molecule has 0 bridgehead atoms. The van der Waals surface area contributed by atoms with E-state index in [0.29, 0.717) is 73.5 Å². The lowest BCUT2D eigenvalue weighted by Crippen LogP contribution is -2.58. The van der Waals surface area contributed by atoms with Crippen molar-refractivity contribution in [1.82, 2.24) is 40.3 Å². The second-order valence-corrected chi connectivity index (χ2v) is 28.5. The van der Waals surface area contributed by atoms with Gasteiger partial charge in [-0.2, -0.15) is 60.5 Å². The van der Waals surface area contributed by atoms with Gasteiger partial charge in [0.05, 0.1) is 12.1 Å². The van der Waals surface area contributed by atoms with Gasteiger partial charge in [-0.05, 0) is 167 Å². The third kappa shape index (κ3) is 25.0. The number of carbonyl (C=O) groups is 4. The Hall–Kier alpha value is -4.24. The monoisotopic (exact) mass is 1270 g/mol. The Balaban J connectivity index is 1.60. The van der Waals surface area contributed by atoms with Gasteiger partial charge in [0.25, 0.3) is 0 Å². The maximum absolute atomic E-state index is 15.7. The van der Waals surface area contributed by atoms with Crippen LogP contribution in [0.1, 0.15) is 206 Å². The summed E-state index contributed by atoms with van der Waals surface area (Å²) in [6.07, 6.45) is 9.69. The molecule has 2 heterocycles. The van der Waals surface area contributed by atoms with E-state index in [4.69, 9.17) is 43.8 Å². The summed E-state index contributed by atoms with van der Waals surface area (Å²) in [6.45, 7) is 23.2. The molecular formula is C66H106N8O8S4. The van der Waals surface area contributed by atoms with E-state index in [1.807, 2.05) is 55.5 Å². The molecule has 0 aliphatic carbocycles. The number of carbonyl (C=O) groups excluding carboxylic acids is 4. The Kier molecular flexibility index (Phi) is 32.5. The molecule has 4 aromatic rings. The minimum absolute atomic E-state index is 0.00451. The van der Waals surface area contributed by atoms with Crippen molar-refractivity contribution in [1.29, 1.82) is 0 Å². The number of nitrogens with zero attached hydrogens (tertiary/aromatic N) is 7. The summed E-state index contributed by atoms with van der Waals surface area (Å²) in [6, 6.07) is 12.6. The van der Waals surface area contributed by atoms with E-state index < -0.39 is 24.2 Å². The normalized spacial score (nSPS) is 16.4. The highest BCUT2D eigenvalue weighted by molar-refractivity contribution is 7.81. The predicted molar refractivity (Wildman–Crippen MR) is 358 cm³/mol. The van der Waals surface area contributed by atoms with Crippen LogP contribution >= 0.6 is 50.5 Å². The van der Waals surface area contributed by atoms with Crippen molar-refractivity contribution in [2.75, 3.05) is 28.2 Å². The molecule has 1 N–H and O–H groups in total. The maximum Gasteiger partial charge on any atom is 0.245 e. The third-order valence-electron chi connectivity index (χ3n) is 16.8. The van der Waals surface area contributed by atoms with E-state index in [-0.39, 0.29) is 99.6 Å². The molecule has 0 fully saturated rings. The zero-order valence-electron chi connectivity index (χ0n) is 54.4. The first-order valence-corrected chi connectivity index (χ1v) is 33.6. The Morgan fingerprint density at radius 1 is 0.523 bits per heavy atom. The van der Waals surface area contributed by atoms with Gasteiger partial charge in [0.2, 0.25) is 41.2 Å². The molecule has 20 heteroatoms. The molecule has 0 radical (unpaired) electrons. The van der Waals surface area contributed by atoms with Crippen molar-refractivity contribution in [3.8, 4) is 11.5 Å². The van der Waals surface area contributed by atoms with Crippen molar-refractivity contribution in [3.05, 3.63) is 83.1 Å². The second kappa shape index (κ2) is 37.7. The number of likely N-dealkylation sites (N-methyl/N-ethyl adjacent to an activating group) is 4. The maximum atomic E-state index is 15.7. The fraction of sp³-hybridized carbons (Fsp3) is 0.697. The zero-order valence-corrected chi connectivity index (χ0v) is 58.0. The average Bonchev–Trinajstić information content (AvgIpc) is 2.20. The molecule has 10 unspecified atom stereocenters. The Bertz CT molecular complexity index is 2620. The van der Waals surface area contributed by atoms with Crippen LogP contribution in [0.5, 0.6) is 11.5 Å². The standard InChI is InChI=1S/C66H106N8O8S4/c1-16-45(8)62-68-60(70-81-62)39-79-51-27-23-49(24-28-51)36-53(85)31-20-44(7)35-58(74(15)66(78)57(34-43(6)19-22-48(11)84)73(14)64(76)55(67-12)32-41(3)4)65(77)72(13)56(33-42(5)18-21-47(10)83)59(75)38-54(86)37-50-25-29-52(30-26-50)80-40-61-69-63(82-71-61)46(9)17-2/h23-30,41-48,53-58,67,83-86H,16-22,31-40H2,1-15H3/t42?,43?,44?,45?,46?,47?,48?,53?,54?,55-,56?,57-,58-/m0/s1. The predicted octanol–water partition coefficient (Wildman–Crippen LogP) is 13.1. The van der Waals surface area contributed by atoms with Crippen molar-refractivity contribution in [2.45, 2.75) is 243 Å². The molecule has 0 spiro atoms. The summed E-state index contributed by atoms with van der Waals surface area (Å²) in [7, 11) is 6.91. The number of ether oxygens (including phenoxy) is 2. The first kappa shape index (κ1) is 74.2. The lowest BCUT2D eigenvalue weighted by Gasteiger charge is -2.40. The Labute approximate surface area is 538 Å². The molecule has 0 saturated heterocycles. The Morgan fingerprint density at radius 2 is 0.907 bits per heavy atom. The number of hydrogen-bond donors (Lipinski definition) is 5. The summed E-state index contributed by atoms with van der Waals surface area (Å²) in [5.41, 5.74) is 2.08. The van der Waals surface area contributed by atoms with E-state index in [1.54, 1.807) is 42.9 Å². The summed E-state index contributed by atoms with van der Waals surface area (Å²) in [5, 5.41) is 11.3. The number of nitrogens with one attached hydrogen (secondary N) is 1. The number of hydrogen-bond acceptors (Lipinski definition) is 17. The molecule has 86 heavy (non-hydrogen) atoms. The minimum atomic E-state index is -0.949. The fourth-order valence-corrected chi connectivity index (χ4v) is 11.6. The van der Waals surface area contributed by atoms with Crippen molar-refractivity contribution in [2.24, 2.45) is 23.7 Å². The van der Waals surface area contributed by atoms with Crippen LogP contribution in [0, 0.1) is 23.7 Å². The molecule has 0 aliphatic heterocycles. The van der Waals surface area contributed by atoms with Gasteiger partial charge in [0.15, 0.2) is 19.0 Å². The number of aromatic nitrogens is 4. The lowest BCUT2D eigenvalue weighted by molar-refractivity contribution is -0.153. The first-order valence-electron chi connectivity index (χ1n) is 31.5. The molecule has 482 valence electrons. The number of thiol groups is 4. The van der Waals surface area contributed by atoms with E-state index >= 15 is 9.59 Å². The molecule has 3 amide bonds. The highest BCUT2D eigenvalue weighted by atomic mass is 32.1. The average molecular weight is 1270 g/mol. The van der Waals surface area contributed by atoms with E-state index in [2.05, 4.69) is 120 Å². The van der Waals surface area contributed by atoms with Gasteiger partial charge in [0, 0.05) is 49.9 Å². The lowest BCUT2D eigenvalue weighted by atomic mass is 9.89. The molecule has 13 atom stereocenters. The highest BCUT2D eigenvalue weighted by Gasteiger charge is 2.41.